The molecule has 0 radical (unpaired) electrons. The first kappa shape index (κ1) is 9.52. The summed E-state index contributed by atoms with van der Waals surface area (Å²) < 4.78 is 4.98. The van der Waals surface area contributed by atoms with Crippen molar-refractivity contribution in [2.75, 3.05) is 6.61 Å². The number of esters is 1. The fourth-order valence-electron chi connectivity index (χ4n) is 1.78. The Morgan fingerprint density at radius 3 is 2.83 bits per heavy atom. The van der Waals surface area contributed by atoms with Crippen molar-refractivity contribution in [1.29, 1.82) is 0 Å². The molecule has 1 rings (SSSR count). The van der Waals surface area contributed by atoms with E-state index in [1.54, 1.807) is 0 Å². The first-order chi connectivity index (χ1) is 5.58. The number of hydrogen-bond acceptors (Lipinski definition) is 3. The van der Waals surface area contributed by atoms with Gasteiger partial charge in [0, 0.05) is 6.04 Å². The van der Waals surface area contributed by atoms with Crippen LogP contribution in [0.1, 0.15) is 33.1 Å². The second-order valence-corrected chi connectivity index (χ2v) is 3.78. The lowest BCUT2D eigenvalue weighted by Gasteiger charge is -2.20. The van der Waals surface area contributed by atoms with E-state index in [9.17, 15) is 4.79 Å². The third-order valence-corrected chi connectivity index (χ3v) is 2.55. The molecule has 0 unspecified atom stereocenters. The number of nitrogens with two attached hydrogens (primary N) is 1. The molecule has 0 amide bonds. The van der Waals surface area contributed by atoms with Crippen molar-refractivity contribution in [1.82, 2.24) is 0 Å². The molecule has 2 N–H and O–H groups in total. The average molecular weight is 171 g/mol. The summed E-state index contributed by atoms with van der Waals surface area (Å²) in [4.78, 5) is 11.4. The van der Waals surface area contributed by atoms with E-state index >= 15 is 0 Å². The van der Waals surface area contributed by atoms with Gasteiger partial charge >= 0.3 is 5.97 Å². The summed E-state index contributed by atoms with van der Waals surface area (Å²) >= 11 is 0. The van der Waals surface area contributed by atoms with E-state index in [1.807, 2.05) is 13.8 Å². The molecule has 0 bridgehead atoms. The Hall–Kier alpha value is -0.570. The van der Waals surface area contributed by atoms with Gasteiger partial charge in [0.2, 0.25) is 0 Å². The highest BCUT2D eigenvalue weighted by atomic mass is 16.5. The van der Waals surface area contributed by atoms with Crippen molar-refractivity contribution in [3.63, 3.8) is 0 Å². The summed E-state index contributed by atoms with van der Waals surface area (Å²) in [6.45, 7) is 4.23. The molecule has 1 saturated carbocycles. The van der Waals surface area contributed by atoms with Gasteiger partial charge in [-0.15, -0.1) is 0 Å². The lowest BCUT2D eigenvalue weighted by Crippen LogP contribution is -2.29. The smallest absolute Gasteiger partial charge is 0.311 e. The van der Waals surface area contributed by atoms with Gasteiger partial charge in [0.15, 0.2) is 0 Å². The highest BCUT2D eigenvalue weighted by Crippen LogP contribution is 2.37. The molecule has 3 nitrogen and oxygen atoms in total. The van der Waals surface area contributed by atoms with Gasteiger partial charge in [0.05, 0.1) is 12.0 Å². The molecule has 1 aliphatic rings. The third kappa shape index (κ3) is 1.78. The zero-order valence-corrected chi connectivity index (χ0v) is 7.80. The molecule has 1 aliphatic carbocycles. The standard InChI is InChI=1S/C9H17NO2/c1-3-12-8(11)9(2)5-4-7(10)6-9/h7H,3-6,10H2,1-2H3/t7-,9-/m1/s1. The van der Waals surface area contributed by atoms with Gasteiger partial charge in [-0.25, -0.2) is 0 Å². The molecule has 0 saturated heterocycles. The Kier molecular flexibility index (Phi) is 2.73. The molecular formula is C9H17NO2. The van der Waals surface area contributed by atoms with E-state index in [0.717, 1.165) is 19.3 Å². The van der Waals surface area contributed by atoms with E-state index in [1.165, 1.54) is 0 Å². The summed E-state index contributed by atoms with van der Waals surface area (Å²) in [5.41, 5.74) is 5.43. The Morgan fingerprint density at radius 1 is 1.75 bits per heavy atom. The molecule has 0 spiro atoms. The van der Waals surface area contributed by atoms with E-state index in [0.29, 0.717) is 6.61 Å². The SMILES string of the molecule is CCOC(=O)[C@]1(C)CC[C@@H](N)C1. The van der Waals surface area contributed by atoms with Crippen LogP contribution in [0.2, 0.25) is 0 Å². The quantitative estimate of drug-likeness (QED) is 0.632. The molecular weight excluding hydrogens is 154 g/mol. The van der Waals surface area contributed by atoms with Gasteiger partial charge in [0.25, 0.3) is 0 Å². The Balaban J connectivity index is 2.54. The van der Waals surface area contributed by atoms with Crippen LogP contribution in [0.3, 0.4) is 0 Å². The normalized spacial score (nSPS) is 35.1. The first-order valence-electron chi connectivity index (χ1n) is 4.51. The van der Waals surface area contributed by atoms with Gasteiger partial charge in [0.1, 0.15) is 0 Å². The van der Waals surface area contributed by atoms with Gasteiger partial charge in [-0.1, -0.05) is 0 Å². The van der Waals surface area contributed by atoms with Crippen molar-refractivity contribution in [2.45, 2.75) is 39.2 Å². The van der Waals surface area contributed by atoms with Crippen LogP contribution in [0.4, 0.5) is 0 Å². The van der Waals surface area contributed by atoms with Gasteiger partial charge < -0.3 is 10.5 Å². The number of ether oxygens (including phenoxy) is 1. The summed E-state index contributed by atoms with van der Waals surface area (Å²) in [6.07, 6.45) is 2.58. The molecule has 0 aromatic carbocycles. The molecule has 0 aromatic rings. The van der Waals surface area contributed by atoms with Crippen LogP contribution >= 0.6 is 0 Å². The molecule has 70 valence electrons. The maximum absolute atomic E-state index is 11.4. The topological polar surface area (TPSA) is 52.3 Å². The Morgan fingerprint density at radius 2 is 2.42 bits per heavy atom. The van der Waals surface area contributed by atoms with E-state index in [-0.39, 0.29) is 17.4 Å². The van der Waals surface area contributed by atoms with Gasteiger partial charge in [-0.05, 0) is 33.1 Å². The van der Waals surface area contributed by atoms with Crippen LogP contribution < -0.4 is 5.73 Å². The third-order valence-electron chi connectivity index (χ3n) is 2.55. The van der Waals surface area contributed by atoms with Crippen LogP contribution in [0, 0.1) is 5.41 Å². The molecule has 3 heteroatoms. The molecule has 0 heterocycles. The maximum atomic E-state index is 11.4. The zero-order valence-electron chi connectivity index (χ0n) is 7.80. The highest BCUT2D eigenvalue weighted by Gasteiger charge is 2.40. The Bertz CT molecular complexity index is 181. The molecule has 0 aliphatic heterocycles. The monoisotopic (exact) mass is 171 g/mol. The summed E-state index contributed by atoms with van der Waals surface area (Å²) in [5.74, 6) is -0.0852. The second-order valence-electron chi connectivity index (χ2n) is 3.78. The van der Waals surface area contributed by atoms with Crippen molar-refractivity contribution >= 4 is 5.97 Å². The predicted octanol–water partition coefficient (Wildman–Crippen LogP) is 1.07. The van der Waals surface area contributed by atoms with E-state index in [4.69, 9.17) is 10.5 Å². The van der Waals surface area contributed by atoms with Crippen molar-refractivity contribution in [2.24, 2.45) is 11.1 Å². The van der Waals surface area contributed by atoms with Crippen molar-refractivity contribution in [3.05, 3.63) is 0 Å². The number of carbonyl (C=O) groups excluding carboxylic acids is 1. The fraction of sp³-hybridized carbons (Fsp3) is 0.889. The van der Waals surface area contributed by atoms with Crippen LogP contribution in [0.5, 0.6) is 0 Å². The number of rotatable bonds is 2. The number of carbonyl (C=O) groups is 1. The minimum atomic E-state index is -0.310. The first-order valence-corrected chi connectivity index (χ1v) is 4.51. The van der Waals surface area contributed by atoms with E-state index < -0.39 is 0 Å². The molecule has 2 atom stereocenters. The van der Waals surface area contributed by atoms with Crippen LogP contribution in [-0.2, 0) is 9.53 Å². The lowest BCUT2D eigenvalue weighted by molar-refractivity contribution is -0.154. The zero-order chi connectivity index (χ0) is 9.19. The minimum absolute atomic E-state index is 0.0852. The second kappa shape index (κ2) is 3.44. The minimum Gasteiger partial charge on any atom is -0.466 e. The number of hydrogen-bond donors (Lipinski definition) is 1. The largest absolute Gasteiger partial charge is 0.466 e. The molecule has 0 aromatic heterocycles. The molecule has 12 heavy (non-hydrogen) atoms. The Labute approximate surface area is 73.3 Å². The fourth-order valence-corrected chi connectivity index (χ4v) is 1.78. The van der Waals surface area contributed by atoms with Crippen LogP contribution in [-0.4, -0.2) is 18.6 Å². The predicted molar refractivity (Wildman–Crippen MR) is 46.6 cm³/mol. The van der Waals surface area contributed by atoms with Crippen molar-refractivity contribution in [3.8, 4) is 0 Å². The highest BCUT2D eigenvalue weighted by molar-refractivity contribution is 5.76. The lowest BCUT2D eigenvalue weighted by atomic mass is 9.89. The van der Waals surface area contributed by atoms with Crippen molar-refractivity contribution < 1.29 is 9.53 Å². The van der Waals surface area contributed by atoms with E-state index in [2.05, 4.69) is 0 Å². The van der Waals surface area contributed by atoms with Crippen LogP contribution in [0.25, 0.3) is 0 Å². The van der Waals surface area contributed by atoms with Crippen LogP contribution in [0.15, 0.2) is 0 Å². The summed E-state index contributed by atoms with van der Waals surface area (Å²) in [5, 5.41) is 0. The van der Waals surface area contributed by atoms with Gasteiger partial charge in [-0.3, -0.25) is 4.79 Å². The summed E-state index contributed by atoms with van der Waals surface area (Å²) in [7, 11) is 0. The van der Waals surface area contributed by atoms with Gasteiger partial charge in [-0.2, -0.15) is 0 Å². The average Bonchev–Trinajstić information content (AvgIpc) is 2.33. The molecule has 1 fully saturated rings. The maximum Gasteiger partial charge on any atom is 0.311 e. The summed E-state index contributed by atoms with van der Waals surface area (Å²) in [6, 6.07) is 0.180.